The fourth-order valence-corrected chi connectivity index (χ4v) is 2.23. The smallest absolute Gasteiger partial charge is 0.129 e. The highest BCUT2D eigenvalue weighted by Gasteiger charge is 2.14. The van der Waals surface area contributed by atoms with Crippen LogP contribution in [0.1, 0.15) is 23.0 Å². The molecule has 0 aliphatic heterocycles. The van der Waals surface area contributed by atoms with Gasteiger partial charge in [-0.25, -0.2) is 9.97 Å². The second-order valence-electron chi connectivity index (χ2n) is 5.26. The molecule has 1 aromatic heterocycles. The van der Waals surface area contributed by atoms with E-state index in [2.05, 4.69) is 65.5 Å². The zero-order valence-corrected chi connectivity index (χ0v) is 12.6. The maximum atomic E-state index is 4.37. The molecule has 106 valence electrons. The molecular formula is C16H22N4. The minimum atomic E-state index is 0.310. The summed E-state index contributed by atoms with van der Waals surface area (Å²) in [5.74, 6) is 1.66. The Kier molecular flexibility index (Phi) is 4.69. The average Bonchev–Trinajstić information content (AvgIpc) is 2.38. The summed E-state index contributed by atoms with van der Waals surface area (Å²) in [4.78, 5) is 10.7. The molecule has 0 radical (unpaired) electrons. The van der Waals surface area contributed by atoms with Gasteiger partial charge in [-0.2, -0.15) is 0 Å². The van der Waals surface area contributed by atoms with Crippen LogP contribution in [0.3, 0.4) is 0 Å². The minimum absolute atomic E-state index is 0.310. The monoisotopic (exact) mass is 270 g/mol. The number of nitrogens with zero attached hydrogens (tertiary/aromatic N) is 3. The van der Waals surface area contributed by atoms with Crippen molar-refractivity contribution in [3.05, 3.63) is 53.5 Å². The van der Waals surface area contributed by atoms with Gasteiger partial charge in [0.15, 0.2) is 0 Å². The summed E-state index contributed by atoms with van der Waals surface area (Å²) in [6, 6.07) is 10.8. The first-order valence-corrected chi connectivity index (χ1v) is 6.83. The normalized spacial score (nSPS) is 12.4. The number of hydrogen-bond donors (Lipinski definition) is 1. The molecule has 1 heterocycles. The Morgan fingerprint density at radius 3 is 2.65 bits per heavy atom. The first-order chi connectivity index (χ1) is 9.56. The molecule has 20 heavy (non-hydrogen) atoms. The van der Waals surface area contributed by atoms with Crippen molar-refractivity contribution in [2.45, 2.75) is 19.9 Å². The van der Waals surface area contributed by atoms with Gasteiger partial charge in [-0.15, -0.1) is 0 Å². The Morgan fingerprint density at radius 1 is 1.20 bits per heavy atom. The predicted octanol–water partition coefficient (Wildman–Crippen LogP) is 2.81. The number of hydrogen-bond acceptors (Lipinski definition) is 4. The number of aryl methyl sites for hydroxylation is 2. The molecule has 0 unspecified atom stereocenters. The molecule has 0 aliphatic rings. The van der Waals surface area contributed by atoms with Crippen LogP contribution in [0.25, 0.3) is 0 Å². The molecule has 2 aromatic rings. The van der Waals surface area contributed by atoms with Gasteiger partial charge in [0.1, 0.15) is 11.6 Å². The lowest BCUT2D eigenvalue weighted by Crippen LogP contribution is -2.27. The van der Waals surface area contributed by atoms with E-state index in [0.717, 1.165) is 18.2 Å². The molecule has 0 fully saturated rings. The molecule has 1 atom stereocenters. The fourth-order valence-electron chi connectivity index (χ4n) is 2.23. The fraction of sp³-hybridized carbons (Fsp3) is 0.375. The van der Waals surface area contributed by atoms with Gasteiger partial charge in [-0.3, -0.25) is 0 Å². The van der Waals surface area contributed by atoms with E-state index < -0.39 is 0 Å². The highest BCUT2D eigenvalue weighted by molar-refractivity contribution is 5.34. The van der Waals surface area contributed by atoms with Gasteiger partial charge in [0, 0.05) is 12.7 Å². The molecule has 1 N–H and O–H groups in total. The highest BCUT2D eigenvalue weighted by atomic mass is 15.1. The van der Waals surface area contributed by atoms with Crippen molar-refractivity contribution in [1.29, 1.82) is 0 Å². The summed E-state index contributed by atoms with van der Waals surface area (Å²) in [7, 11) is 4.19. The maximum absolute atomic E-state index is 4.37. The molecule has 0 saturated carbocycles. The van der Waals surface area contributed by atoms with Gasteiger partial charge in [0.25, 0.3) is 0 Å². The minimum Gasteiger partial charge on any atom is -0.368 e. The Balaban J connectivity index is 2.10. The number of aromatic nitrogens is 2. The third-order valence-corrected chi connectivity index (χ3v) is 3.30. The summed E-state index contributed by atoms with van der Waals surface area (Å²) < 4.78 is 0. The molecule has 1 aromatic carbocycles. The molecule has 4 nitrogen and oxygen atoms in total. The Morgan fingerprint density at radius 2 is 2.00 bits per heavy atom. The van der Waals surface area contributed by atoms with Crippen molar-refractivity contribution in [2.24, 2.45) is 0 Å². The molecule has 0 amide bonds. The summed E-state index contributed by atoms with van der Waals surface area (Å²) >= 11 is 0. The van der Waals surface area contributed by atoms with E-state index in [4.69, 9.17) is 0 Å². The lowest BCUT2D eigenvalue weighted by molar-refractivity contribution is 0.311. The van der Waals surface area contributed by atoms with Gasteiger partial charge >= 0.3 is 0 Å². The summed E-state index contributed by atoms with van der Waals surface area (Å²) in [5.41, 5.74) is 2.60. The second kappa shape index (κ2) is 6.48. The van der Waals surface area contributed by atoms with Crippen molar-refractivity contribution in [2.75, 3.05) is 26.0 Å². The molecule has 0 spiro atoms. The lowest BCUT2D eigenvalue weighted by atomic mass is 10.0. The van der Waals surface area contributed by atoms with Gasteiger partial charge in [-0.1, -0.05) is 29.8 Å². The first kappa shape index (κ1) is 14.5. The van der Waals surface area contributed by atoms with E-state index in [9.17, 15) is 0 Å². The van der Waals surface area contributed by atoms with E-state index in [0.29, 0.717) is 6.04 Å². The quantitative estimate of drug-likeness (QED) is 0.907. The van der Waals surface area contributed by atoms with Crippen LogP contribution in [-0.2, 0) is 0 Å². The van der Waals surface area contributed by atoms with Crippen LogP contribution >= 0.6 is 0 Å². The van der Waals surface area contributed by atoms with Crippen LogP contribution < -0.4 is 5.32 Å². The molecule has 4 heteroatoms. The predicted molar refractivity (Wildman–Crippen MR) is 82.9 cm³/mol. The Bertz CT molecular complexity index is 566. The summed E-state index contributed by atoms with van der Waals surface area (Å²) in [6.45, 7) is 4.83. The van der Waals surface area contributed by atoms with E-state index in [-0.39, 0.29) is 0 Å². The number of rotatable bonds is 5. The molecular weight excluding hydrogens is 248 g/mol. The number of likely N-dealkylation sites (N-methyl/N-ethyl adjacent to an activating group) is 1. The maximum Gasteiger partial charge on any atom is 0.129 e. The third kappa shape index (κ3) is 3.78. The number of anilines is 1. The van der Waals surface area contributed by atoms with Gasteiger partial charge in [0.2, 0.25) is 0 Å². The second-order valence-corrected chi connectivity index (χ2v) is 5.26. The number of nitrogens with one attached hydrogen (secondary N) is 1. The zero-order chi connectivity index (χ0) is 14.5. The van der Waals surface area contributed by atoms with E-state index >= 15 is 0 Å². The largest absolute Gasteiger partial charge is 0.368 e. The molecule has 0 aliphatic carbocycles. The van der Waals surface area contributed by atoms with E-state index in [1.165, 1.54) is 11.1 Å². The van der Waals surface area contributed by atoms with Gasteiger partial charge in [0.05, 0.1) is 6.04 Å². The van der Waals surface area contributed by atoms with Crippen molar-refractivity contribution in [3.8, 4) is 0 Å². The summed E-state index contributed by atoms with van der Waals surface area (Å²) in [5, 5.41) is 3.39. The Hall–Kier alpha value is -1.94. The van der Waals surface area contributed by atoms with E-state index in [1.807, 2.05) is 13.0 Å². The number of benzene rings is 1. The molecule has 2 rings (SSSR count). The zero-order valence-electron chi connectivity index (χ0n) is 12.6. The lowest BCUT2D eigenvalue weighted by Gasteiger charge is -2.25. The Labute approximate surface area is 120 Å². The van der Waals surface area contributed by atoms with Crippen molar-refractivity contribution >= 4 is 5.82 Å². The third-order valence-electron chi connectivity index (χ3n) is 3.30. The highest BCUT2D eigenvalue weighted by Crippen LogP contribution is 2.19. The van der Waals surface area contributed by atoms with Crippen LogP contribution in [0.2, 0.25) is 0 Å². The van der Waals surface area contributed by atoms with Crippen molar-refractivity contribution in [1.82, 2.24) is 14.9 Å². The standard InChI is InChI=1S/C16H22N4/c1-12-6-5-7-14(10-12)15(20(3)4)11-18-16-8-9-17-13(2)19-16/h5-10,15H,11H2,1-4H3,(H,17,18,19)/t15-/m0/s1. The van der Waals surface area contributed by atoms with Crippen molar-refractivity contribution < 1.29 is 0 Å². The first-order valence-electron chi connectivity index (χ1n) is 6.83. The van der Waals surface area contributed by atoms with Crippen LogP contribution in [0, 0.1) is 13.8 Å². The molecule has 0 saturated heterocycles. The topological polar surface area (TPSA) is 41.1 Å². The van der Waals surface area contributed by atoms with E-state index in [1.54, 1.807) is 6.20 Å². The van der Waals surface area contributed by atoms with Crippen molar-refractivity contribution in [3.63, 3.8) is 0 Å². The van der Waals surface area contributed by atoms with Gasteiger partial charge < -0.3 is 10.2 Å². The summed E-state index contributed by atoms with van der Waals surface area (Å²) in [6.07, 6.45) is 1.78. The molecule has 0 bridgehead atoms. The SMILES string of the molecule is Cc1cccc([C@H](CNc2ccnc(C)n2)N(C)C)c1. The van der Waals surface area contributed by atoms with Crippen LogP contribution in [0.5, 0.6) is 0 Å². The average molecular weight is 270 g/mol. The van der Waals surface area contributed by atoms with Gasteiger partial charge in [-0.05, 0) is 39.6 Å². The van der Waals surface area contributed by atoms with Crippen LogP contribution in [0.15, 0.2) is 36.5 Å². The van der Waals surface area contributed by atoms with Crippen LogP contribution in [0.4, 0.5) is 5.82 Å². The van der Waals surface area contributed by atoms with Crippen LogP contribution in [-0.4, -0.2) is 35.5 Å².